The Hall–Kier alpha value is -1.84. The summed E-state index contributed by atoms with van der Waals surface area (Å²) in [5.74, 6) is 0.711. The Labute approximate surface area is 113 Å². The van der Waals surface area contributed by atoms with Gasteiger partial charge < -0.3 is 15.7 Å². The molecule has 1 aromatic heterocycles. The highest BCUT2D eigenvalue weighted by Gasteiger charge is 2.18. The smallest absolute Gasteiger partial charge is 0.146 e. The Morgan fingerprint density at radius 2 is 2.21 bits per heavy atom. The number of hydrogen-bond donors (Lipinski definition) is 2. The number of nitrogens with two attached hydrogens (primary N) is 1. The van der Waals surface area contributed by atoms with Gasteiger partial charge in [0.05, 0.1) is 24.1 Å². The molecule has 0 atom stereocenters. The van der Waals surface area contributed by atoms with Crippen molar-refractivity contribution < 1.29 is 5.11 Å². The predicted molar refractivity (Wildman–Crippen MR) is 73.7 cm³/mol. The highest BCUT2D eigenvalue weighted by Crippen LogP contribution is 2.20. The molecule has 0 aromatic carbocycles. The number of aromatic nitrogens is 1. The summed E-state index contributed by atoms with van der Waals surface area (Å²) in [6, 6.07) is 3.82. The van der Waals surface area contributed by atoms with Gasteiger partial charge in [0.1, 0.15) is 11.9 Å². The second-order valence-corrected chi connectivity index (χ2v) is 4.66. The van der Waals surface area contributed by atoms with Gasteiger partial charge in [0.15, 0.2) is 0 Å². The summed E-state index contributed by atoms with van der Waals surface area (Å²) < 4.78 is 0. The van der Waals surface area contributed by atoms with Gasteiger partial charge in [-0.2, -0.15) is 5.26 Å². The van der Waals surface area contributed by atoms with E-state index in [1.54, 1.807) is 12.3 Å². The molecule has 1 fully saturated rings. The zero-order valence-corrected chi connectivity index (χ0v) is 10.9. The highest BCUT2D eigenvalue weighted by atomic mass is 16.3. The van der Waals surface area contributed by atoms with Crippen LogP contribution in [0.5, 0.6) is 0 Å². The van der Waals surface area contributed by atoms with Crippen LogP contribution in [0.1, 0.15) is 12.0 Å². The van der Waals surface area contributed by atoms with Crippen LogP contribution in [0.15, 0.2) is 12.3 Å². The molecule has 19 heavy (non-hydrogen) atoms. The molecular weight excluding hydrogens is 242 g/mol. The molecule has 0 unspecified atom stereocenters. The van der Waals surface area contributed by atoms with Crippen molar-refractivity contribution in [3.8, 4) is 6.07 Å². The van der Waals surface area contributed by atoms with E-state index < -0.39 is 0 Å². The first-order chi connectivity index (χ1) is 9.24. The lowest BCUT2D eigenvalue weighted by atomic mass is 10.2. The van der Waals surface area contributed by atoms with Gasteiger partial charge in [-0.1, -0.05) is 0 Å². The first-order valence-corrected chi connectivity index (χ1v) is 6.48. The van der Waals surface area contributed by atoms with E-state index in [1.807, 2.05) is 0 Å². The van der Waals surface area contributed by atoms with E-state index in [1.165, 1.54) is 0 Å². The Kier molecular flexibility index (Phi) is 4.55. The van der Waals surface area contributed by atoms with Gasteiger partial charge in [-0.3, -0.25) is 4.90 Å². The number of hydrogen-bond acceptors (Lipinski definition) is 6. The lowest BCUT2D eigenvalue weighted by molar-refractivity contribution is 0.204. The van der Waals surface area contributed by atoms with Crippen LogP contribution in [-0.2, 0) is 0 Å². The summed E-state index contributed by atoms with van der Waals surface area (Å²) in [5.41, 5.74) is 6.69. The summed E-state index contributed by atoms with van der Waals surface area (Å²) >= 11 is 0. The van der Waals surface area contributed by atoms with Crippen LogP contribution < -0.4 is 10.6 Å². The highest BCUT2D eigenvalue weighted by molar-refractivity contribution is 5.58. The molecule has 1 saturated heterocycles. The van der Waals surface area contributed by atoms with Crippen LogP contribution in [0.2, 0.25) is 0 Å². The summed E-state index contributed by atoms with van der Waals surface area (Å²) in [7, 11) is 0. The molecule has 2 rings (SSSR count). The van der Waals surface area contributed by atoms with Crippen molar-refractivity contribution in [2.45, 2.75) is 6.42 Å². The number of rotatable bonds is 3. The third kappa shape index (κ3) is 3.34. The van der Waals surface area contributed by atoms with Gasteiger partial charge >= 0.3 is 0 Å². The van der Waals surface area contributed by atoms with Crippen molar-refractivity contribution in [3.63, 3.8) is 0 Å². The van der Waals surface area contributed by atoms with Crippen LogP contribution in [0.3, 0.4) is 0 Å². The van der Waals surface area contributed by atoms with Gasteiger partial charge in [-0.25, -0.2) is 4.98 Å². The minimum atomic E-state index is 0.184. The fourth-order valence-corrected chi connectivity index (χ4v) is 2.36. The molecule has 6 nitrogen and oxygen atoms in total. The van der Waals surface area contributed by atoms with Gasteiger partial charge in [0, 0.05) is 26.2 Å². The zero-order valence-electron chi connectivity index (χ0n) is 10.9. The van der Waals surface area contributed by atoms with E-state index in [-0.39, 0.29) is 6.61 Å². The Morgan fingerprint density at radius 3 is 2.95 bits per heavy atom. The maximum atomic E-state index is 9.16. The molecule has 6 heteroatoms. The van der Waals surface area contributed by atoms with Crippen LogP contribution in [0, 0.1) is 11.3 Å². The molecule has 0 bridgehead atoms. The first kappa shape index (κ1) is 13.6. The molecule has 0 aliphatic carbocycles. The largest absolute Gasteiger partial charge is 0.397 e. The second kappa shape index (κ2) is 6.36. The third-order valence-corrected chi connectivity index (χ3v) is 3.31. The van der Waals surface area contributed by atoms with Gasteiger partial charge in [0.2, 0.25) is 0 Å². The fourth-order valence-electron chi connectivity index (χ4n) is 2.36. The minimum absolute atomic E-state index is 0.184. The molecular formula is C13H19N5O. The van der Waals surface area contributed by atoms with Crippen LogP contribution in [0.4, 0.5) is 11.5 Å². The maximum Gasteiger partial charge on any atom is 0.146 e. The Balaban J connectivity index is 2.12. The molecule has 1 aliphatic rings. The summed E-state index contributed by atoms with van der Waals surface area (Å²) in [6.45, 7) is 4.40. The van der Waals surface area contributed by atoms with Gasteiger partial charge in [0.25, 0.3) is 0 Å². The number of aliphatic hydroxyl groups is 1. The first-order valence-electron chi connectivity index (χ1n) is 6.48. The molecule has 3 N–H and O–H groups in total. The average molecular weight is 261 g/mol. The summed E-state index contributed by atoms with van der Waals surface area (Å²) in [4.78, 5) is 8.64. The lowest BCUT2D eigenvalue weighted by Crippen LogP contribution is -2.33. The number of β-amino-alcohol motifs (C(OH)–C–C–N with tert-alkyl or cyclic N) is 1. The van der Waals surface area contributed by atoms with Crippen LogP contribution in [-0.4, -0.2) is 54.3 Å². The van der Waals surface area contributed by atoms with Crippen LogP contribution in [0.25, 0.3) is 0 Å². The molecule has 1 aromatic rings. The molecule has 0 amide bonds. The van der Waals surface area contributed by atoms with E-state index in [0.29, 0.717) is 23.6 Å². The van der Waals surface area contributed by atoms with Crippen molar-refractivity contribution in [3.05, 3.63) is 17.8 Å². The quantitative estimate of drug-likeness (QED) is 0.798. The Bertz CT molecular complexity index is 471. The number of nitriles is 1. The fraction of sp³-hybridized carbons (Fsp3) is 0.538. The lowest BCUT2D eigenvalue weighted by Gasteiger charge is -2.23. The van der Waals surface area contributed by atoms with E-state index in [2.05, 4.69) is 20.9 Å². The molecule has 0 spiro atoms. The second-order valence-electron chi connectivity index (χ2n) is 4.66. The SMILES string of the molecule is N#Cc1cc(N)cnc1N1CCCN(CCO)CC1. The van der Waals surface area contributed by atoms with Crippen molar-refractivity contribution in [1.82, 2.24) is 9.88 Å². The zero-order chi connectivity index (χ0) is 13.7. The molecule has 2 heterocycles. The number of nitrogens with zero attached hydrogens (tertiary/aromatic N) is 4. The molecule has 102 valence electrons. The van der Waals surface area contributed by atoms with Gasteiger partial charge in [-0.15, -0.1) is 0 Å². The number of aliphatic hydroxyl groups excluding tert-OH is 1. The maximum absolute atomic E-state index is 9.16. The molecule has 1 aliphatic heterocycles. The normalized spacial score (nSPS) is 16.9. The van der Waals surface area contributed by atoms with Crippen LogP contribution >= 0.6 is 0 Å². The summed E-state index contributed by atoms with van der Waals surface area (Å²) in [5, 5.41) is 18.1. The van der Waals surface area contributed by atoms with E-state index in [9.17, 15) is 0 Å². The van der Waals surface area contributed by atoms with E-state index >= 15 is 0 Å². The van der Waals surface area contributed by atoms with Crippen molar-refractivity contribution in [2.75, 3.05) is 50.0 Å². The van der Waals surface area contributed by atoms with Gasteiger partial charge in [-0.05, 0) is 19.0 Å². The topological polar surface area (TPSA) is 89.4 Å². The average Bonchev–Trinajstić information content (AvgIpc) is 2.65. The monoisotopic (exact) mass is 261 g/mol. The third-order valence-electron chi connectivity index (χ3n) is 3.31. The standard InChI is InChI=1S/C13H19N5O/c14-9-11-8-12(15)10-16-13(11)18-3-1-2-17(4-5-18)6-7-19/h8,10,19H,1-7,15H2. The molecule has 0 saturated carbocycles. The number of pyridine rings is 1. The minimum Gasteiger partial charge on any atom is -0.397 e. The van der Waals surface area contributed by atoms with Crippen molar-refractivity contribution >= 4 is 11.5 Å². The Morgan fingerprint density at radius 1 is 1.37 bits per heavy atom. The number of nitrogen functional groups attached to an aromatic ring is 1. The number of anilines is 2. The van der Waals surface area contributed by atoms with Crippen molar-refractivity contribution in [2.24, 2.45) is 0 Å². The van der Waals surface area contributed by atoms with E-state index in [4.69, 9.17) is 16.1 Å². The summed E-state index contributed by atoms with van der Waals surface area (Å²) in [6.07, 6.45) is 2.59. The van der Waals surface area contributed by atoms with E-state index in [0.717, 1.165) is 32.6 Å². The predicted octanol–water partition coefficient (Wildman–Crippen LogP) is 0.0399. The molecule has 0 radical (unpaired) electrons. The van der Waals surface area contributed by atoms with Crippen molar-refractivity contribution in [1.29, 1.82) is 5.26 Å².